The average Bonchev–Trinajstić information content (AvgIpc) is 2.56. The Kier molecular flexibility index (Phi) is 5.59. The molecule has 0 aliphatic rings. The minimum Gasteiger partial charge on any atom is -0.506 e. The van der Waals surface area contributed by atoms with Gasteiger partial charge < -0.3 is 20.3 Å². The number of ether oxygens (including phenoxy) is 1. The summed E-state index contributed by atoms with van der Waals surface area (Å²) in [6, 6.07) is 3.75. The zero-order valence-electron chi connectivity index (χ0n) is 12.9. The molecule has 1 heterocycles. The summed E-state index contributed by atoms with van der Waals surface area (Å²) in [5, 5.41) is 22.1. The number of benzene rings is 1. The number of carbonyl (C=O) groups is 2. The fourth-order valence-electron chi connectivity index (χ4n) is 1.81. The van der Waals surface area contributed by atoms with Crippen molar-refractivity contribution >= 4 is 35.2 Å². The number of esters is 1. The summed E-state index contributed by atoms with van der Waals surface area (Å²) in [4.78, 5) is 31.3. The van der Waals surface area contributed by atoms with Gasteiger partial charge in [-0.15, -0.1) is 0 Å². The first-order chi connectivity index (χ1) is 11.5. The van der Waals surface area contributed by atoms with Crippen LogP contribution in [0.15, 0.2) is 29.6 Å². The first-order valence-corrected chi connectivity index (χ1v) is 8.10. The summed E-state index contributed by atoms with van der Waals surface area (Å²) < 4.78 is 4.95. The van der Waals surface area contributed by atoms with Crippen molar-refractivity contribution in [2.75, 3.05) is 18.2 Å². The van der Waals surface area contributed by atoms with Crippen molar-refractivity contribution in [1.82, 2.24) is 9.97 Å². The van der Waals surface area contributed by atoms with Crippen LogP contribution in [0.4, 0.5) is 11.5 Å². The van der Waals surface area contributed by atoms with Gasteiger partial charge in [0, 0.05) is 6.20 Å². The summed E-state index contributed by atoms with van der Waals surface area (Å²) in [7, 11) is 0. The van der Waals surface area contributed by atoms with Gasteiger partial charge in [0.2, 0.25) is 0 Å². The molecule has 0 saturated carbocycles. The van der Waals surface area contributed by atoms with Gasteiger partial charge in [-0.3, -0.25) is 0 Å². The Bertz CT molecular complexity index is 782. The van der Waals surface area contributed by atoms with Crippen LogP contribution in [0.2, 0.25) is 0 Å². The molecule has 0 fully saturated rings. The molecule has 2 aromatic rings. The van der Waals surface area contributed by atoms with Gasteiger partial charge in [0.25, 0.3) is 0 Å². The van der Waals surface area contributed by atoms with Crippen LogP contribution >= 0.6 is 11.8 Å². The normalized spacial score (nSPS) is 10.2. The molecule has 126 valence electrons. The number of carboxylic acids is 1. The number of hydrogen-bond donors (Lipinski definition) is 3. The minimum absolute atomic E-state index is 0.0212. The summed E-state index contributed by atoms with van der Waals surface area (Å²) >= 11 is 1.27. The van der Waals surface area contributed by atoms with Crippen molar-refractivity contribution in [3.05, 3.63) is 35.5 Å². The zero-order valence-corrected chi connectivity index (χ0v) is 13.8. The highest BCUT2D eigenvalue weighted by molar-refractivity contribution is 7.98. The van der Waals surface area contributed by atoms with Crippen molar-refractivity contribution in [2.24, 2.45) is 0 Å². The highest BCUT2D eigenvalue weighted by Gasteiger charge is 2.18. The number of thioether (sulfide) groups is 1. The number of aromatic hydroxyl groups is 1. The predicted molar refractivity (Wildman–Crippen MR) is 88.1 cm³/mol. The SMILES string of the molecule is CCOC(=O)c1cnc(SC)nc1Nc1cc(C(=O)O)ccc1O. The second-order valence-corrected chi connectivity index (χ2v) is 5.27. The maximum absolute atomic E-state index is 12.0. The second-order valence-electron chi connectivity index (χ2n) is 4.50. The highest BCUT2D eigenvalue weighted by atomic mass is 32.2. The zero-order chi connectivity index (χ0) is 17.7. The minimum atomic E-state index is -1.14. The number of aromatic nitrogens is 2. The van der Waals surface area contributed by atoms with Crippen molar-refractivity contribution in [1.29, 1.82) is 0 Å². The molecule has 0 aliphatic heterocycles. The Morgan fingerprint density at radius 1 is 1.38 bits per heavy atom. The fraction of sp³-hybridized carbons (Fsp3) is 0.200. The first-order valence-electron chi connectivity index (χ1n) is 6.87. The molecular formula is C15H15N3O5S. The predicted octanol–water partition coefficient (Wildman–Crippen LogP) is 2.52. The van der Waals surface area contributed by atoms with E-state index >= 15 is 0 Å². The number of nitrogens with zero attached hydrogens (tertiary/aromatic N) is 2. The number of anilines is 2. The van der Waals surface area contributed by atoms with E-state index in [2.05, 4.69) is 15.3 Å². The standard InChI is InChI=1S/C15H15N3O5S/c1-3-23-14(22)9-7-16-15(24-2)18-12(9)17-10-6-8(13(20)21)4-5-11(10)19/h4-7,19H,3H2,1-2H3,(H,20,21)(H,16,17,18). The summed E-state index contributed by atoms with van der Waals surface area (Å²) in [5.74, 6) is -1.83. The van der Waals surface area contributed by atoms with Crippen LogP contribution in [-0.4, -0.2) is 45.0 Å². The number of phenols is 1. The largest absolute Gasteiger partial charge is 0.506 e. The lowest BCUT2D eigenvalue weighted by Gasteiger charge is -2.12. The van der Waals surface area contributed by atoms with Gasteiger partial charge in [-0.1, -0.05) is 11.8 Å². The molecule has 2 rings (SSSR count). The van der Waals surface area contributed by atoms with Crippen LogP contribution in [0.5, 0.6) is 5.75 Å². The van der Waals surface area contributed by atoms with E-state index in [9.17, 15) is 14.7 Å². The lowest BCUT2D eigenvalue weighted by atomic mass is 10.2. The van der Waals surface area contributed by atoms with Crippen LogP contribution in [0.3, 0.4) is 0 Å². The van der Waals surface area contributed by atoms with Gasteiger partial charge in [0.1, 0.15) is 17.1 Å². The molecule has 0 radical (unpaired) electrons. The third-order valence-corrected chi connectivity index (χ3v) is 3.50. The molecule has 1 aromatic heterocycles. The molecule has 0 unspecified atom stereocenters. The van der Waals surface area contributed by atoms with E-state index in [-0.39, 0.29) is 35.0 Å². The lowest BCUT2D eigenvalue weighted by Crippen LogP contribution is -2.11. The van der Waals surface area contributed by atoms with E-state index in [4.69, 9.17) is 9.84 Å². The van der Waals surface area contributed by atoms with Gasteiger partial charge >= 0.3 is 11.9 Å². The molecule has 0 atom stereocenters. The molecule has 1 aromatic carbocycles. The van der Waals surface area contributed by atoms with E-state index in [1.807, 2.05) is 0 Å². The van der Waals surface area contributed by atoms with Crippen molar-refractivity contribution in [3.63, 3.8) is 0 Å². The highest BCUT2D eigenvalue weighted by Crippen LogP contribution is 2.29. The number of carbonyl (C=O) groups excluding carboxylic acids is 1. The van der Waals surface area contributed by atoms with E-state index in [1.165, 1.54) is 36.2 Å². The number of carboxylic acid groups (broad SMARTS) is 1. The van der Waals surface area contributed by atoms with E-state index < -0.39 is 11.9 Å². The molecule has 24 heavy (non-hydrogen) atoms. The number of phenolic OH excluding ortho intramolecular Hbond substituents is 1. The smallest absolute Gasteiger partial charge is 0.343 e. The average molecular weight is 349 g/mol. The molecule has 0 amide bonds. The second kappa shape index (κ2) is 7.64. The van der Waals surface area contributed by atoms with E-state index in [0.717, 1.165) is 0 Å². The Labute approximate surface area is 141 Å². The van der Waals surface area contributed by atoms with Crippen molar-refractivity contribution in [3.8, 4) is 5.75 Å². The third-order valence-electron chi connectivity index (χ3n) is 2.94. The number of hydrogen-bond acceptors (Lipinski definition) is 8. The van der Waals surface area contributed by atoms with Gasteiger partial charge in [0.15, 0.2) is 5.16 Å². The Balaban J connectivity index is 2.46. The van der Waals surface area contributed by atoms with Crippen molar-refractivity contribution in [2.45, 2.75) is 12.1 Å². The third kappa shape index (κ3) is 3.93. The molecule has 0 saturated heterocycles. The summed E-state index contributed by atoms with van der Waals surface area (Å²) in [6.45, 7) is 1.85. The Hall–Kier alpha value is -2.81. The Morgan fingerprint density at radius 3 is 2.75 bits per heavy atom. The maximum atomic E-state index is 12.0. The molecule has 9 heteroatoms. The number of aromatic carboxylic acids is 1. The van der Waals surface area contributed by atoms with Gasteiger partial charge in [0.05, 0.1) is 17.9 Å². The lowest BCUT2D eigenvalue weighted by molar-refractivity contribution is 0.0526. The fourth-order valence-corrected chi connectivity index (χ4v) is 2.15. The molecule has 3 N–H and O–H groups in total. The number of nitrogens with one attached hydrogen (secondary N) is 1. The van der Waals surface area contributed by atoms with Crippen LogP contribution in [0.25, 0.3) is 0 Å². The molecule has 0 bridgehead atoms. The maximum Gasteiger partial charge on any atom is 0.343 e. The van der Waals surface area contributed by atoms with Gasteiger partial charge in [-0.2, -0.15) is 0 Å². The van der Waals surface area contributed by atoms with Gasteiger partial charge in [-0.05, 0) is 31.4 Å². The summed E-state index contributed by atoms with van der Waals surface area (Å²) in [5.41, 5.74) is 0.160. The van der Waals surface area contributed by atoms with Crippen LogP contribution in [0, 0.1) is 0 Å². The molecular weight excluding hydrogens is 334 g/mol. The van der Waals surface area contributed by atoms with Crippen molar-refractivity contribution < 1.29 is 24.5 Å². The molecule has 0 aliphatic carbocycles. The topological polar surface area (TPSA) is 122 Å². The monoisotopic (exact) mass is 349 g/mol. The van der Waals surface area contributed by atoms with Crippen LogP contribution in [-0.2, 0) is 4.74 Å². The van der Waals surface area contributed by atoms with Gasteiger partial charge in [-0.25, -0.2) is 19.6 Å². The summed E-state index contributed by atoms with van der Waals surface area (Å²) in [6.07, 6.45) is 3.09. The first kappa shape index (κ1) is 17.5. The Morgan fingerprint density at radius 2 is 2.12 bits per heavy atom. The molecule has 8 nitrogen and oxygen atoms in total. The van der Waals surface area contributed by atoms with Crippen LogP contribution < -0.4 is 5.32 Å². The van der Waals surface area contributed by atoms with E-state index in [0.29, 0.717) is 5.16 Å². The van der Waals surface area contributed by atoms with E-state index in [1.54, 1.807) is 13.2 Å². The molecule has 0 spiro atoms. The quantitative estimate of drug-likeness (QED) is 0.312. The van der Waals surface area contributed by atoms with Crippen LogP contribution in [0.1, 0.15) is 27.6 Å². The number of rotatable bonds is 6.